The van der Waals surface area contributed by atoms with Crippen molar-refractivity contribution in [3.05, 3.63) is 42.0 Å². The number of benzene rings is 1. The summed E-state index contributed by atoms with van der Waals surface area (Å²) in [6.07, 6.45) is 13.4. The number of aliphatic hydroxyl groups excluding tert-OH is 1. The fourth-order valence-electron chi connectivity index (χ4n) is 2.20. The van der Waals surface area contributed by atoms with E-state index in [-0.39, 0.29) is 6.10 Å². The van der Waals surface area contributed by atoms with E-state index in [2.05, 4.69) is 31.2 Å². The molecule has 0 fully saturated rings. The quantitative estimate of drug-likeness (QED) is 0.573. The predicted molar refractivity (Wildman–Crippen MR) is 84.1 cm³/mol. The third-order valence-electron chi connectivity index (χ3n) is 3.41. The smallest absolute Gasteiger partial charge is 0.0574 e. The van der Waals surface area contributed by atoms with Crippen molar-refractivity contribution in [3.8, 4) is 0 Å². The zero-order valence-electron chi connectivity index (χ0n) is 12.2. The van der Waals surface area contributed by atoms with Gasteiger partial charge < -0.3 is 5.11 Å². The molecule has 0 aliphatic carbocycles. The fraction of sp³-hybridized carbons (Fsp3) is 0.556. The van der Waals surface area contributed by atoms with Crippen LogP contribution in [0.2, 0.25) is 0 Å². The minimum Gasteiger partial charge on any atom is -0.393 e. The summed E-state index contributed by atoms with van der Waals surface area (Å²) in [5.74, 6) is 0. The van der Waals surface area contributed by atoms with Crippen LogP contribution in [0.3, 0.4) is 0 Å². The van der Waals surface area contributed by atoms with Crippen LogP contribution in [-0.4, -0.2) is 11.2 Å². The van der Waals surface area contributed by atoms with Crippen molar-refractivity contribution in [2.75, 3.05) is 0 Å². The molecule has 1 aromatic rings. The van der Waals surface area contributed by atoms with E-state index in [1.807, 2.05) is 18.2 Å². The van der Waals surface area contributed by atoms with Gasteiger partial charge in [0, 0.05) is 0 Å². The third kappa shape index (κ3) is 8.61. The van der Waals surface area contributed by atoms with E-state index in [1.54, 1.807) is 0 Å². The van der Waals surface area contributed by atoms with Crippen molar-refractivity contribution in [2.45, 2.75) is 64.4 Å². The molecule has 0 bridgehead atoms. The van der Waals surface area contributed by atoms with Gasteiger partial charge in [-0.2, -0.15) is 0 Å². The Hall–Kier alpha value is -1.08. The van der Waals surface area contributed by atoms with Crippen LogP contribution < -0.4 is 0 Å². The summed E-state index contributed by atoms with van der Waals surface area (Å²) in [6, 6.07) is 10.2. The molecule has 106 valence electrons. The lowest BCUT2D eigenvalue weighted by Gasteiger charge is -2.07. The van der Waals surface area contributed by atoms with E-state index in [0.717, 1.165) is 19.3 Å². The highest BCUT2D eigenvalue weighted by Crippen LogP contribution is 2.11. The zero-order valence-corrected chi connectivity index (χ0v) is 12.2. The normalized spacial score (nSPS) is 12.9. The lowest BCUT2D eigenvalue weighted by atomic mass is 10.0. The van der Waals surface area contributed by atoms with Gasteiger partial charge in [-0.3, -0.25) is 0 Å². The first kappa shape index (κ1) is 16.0. The molecule has 0 amide bonds. The average Bonchev–Trinajstić information content (AvgIpc) is 2.44. The zero-order chi connectivity index (χ0) is 13.8. The highest BCUT2D eigenvalue weighted by molar-refractivity contribution is 5.48. The molecule has 0 saturated carbocycles. The van der Waals surface area contributed by atoms with Gasteiger partial charge in [0.25, 0.3) is 0 Å². The first-order chi connectivity index (χ1) is 9.33. The molecule has 0 radical (unpaired) electrons. The molecule has 1 nitrogen and oxygen atoms in total. The number of aliphatic hydroxyl groups is 1. The highest BCUT2D eigenvalue weighted by atomic mass is 16.3. The lowest BCUT2D eigenvalue weighted by molar-refractivity contribution is 0.164. The Kier molecular flexibility index (Phi) is 9.09. The molecule has 1 aromatic carbocycles. The van der Waals surface area contributed by atoms with Crippen LogP contribution in [0.1, 0.15) is 63.9 Å². The molecule has 1 heteroatoms. The molecular formula is C18H28O. The maximum Gasteiger partial charge on any atom is 0.0574 e. The molecule has 0 saturated heterocycles. The van der Waals surface area contributed by atoms with Crippen molar-refractivity contribution in [2.24, 2.45) is 0 Å². The highest BCUT2D eigenvalue weighted by Gasteiger charge is 2.01. The summed E-state index contributed by atoms with van der Waals surface area (Å²) in [5.41, 5.74) is 1.20. The molecule has 0 spiro atoms. The van der Waals surface area contributed by atoms with Crippen LogP contribution >= 0.6 is 0 Å². The number of rotatable bonds is 10. The topological polar surface area (TPSA) is 20.2 Å². The van der Waals surface area contributed by atoms with Crippen LogP contribution in [0.4, 0.5) is 0 Å². The van der Waals surface area contributed by atoms with E-state index in [9.17, 15) is 5.11 Å². The second kappa shape index (κ2) is 10.8. The van der Waals surface area contributed by atoms with E-state index < -0.39 is 0 Å². The van der Waals surface area contributed by atoms with Gasteiger partial charge in [-0.15, -0.1) is 0 Å². The maximum absolute atomic E-state index is 9.88. The monoisotopic (exact) mass is 260 g/mol. The summed E-state index contributed by atoms with van der Waals surface area (Å²) >= 11 is 0. The van der Waals surface area contributed by atoms with E-state index in [0.29, 0.717) is 0 Å². The second-order valence-corrected chi connectivity index (χ2v) is 5.26. The van der Waals surface area contributed by atoms with Crippen molar-refractivity contribution >= 4 is 6.08 Å². The van der Waals surface area contributed by atoms with Crippen LogP contribution in [0.15, 0.2) is 36.4 Å². The van der Waals surface area contributed by atoms with E-state index >= 15 is 0 Å². The summed E-state index contributed by atoms with van der Waals surface area (Å²) in [4.78, 5) is 0. The molecule has 1 unspecified atom stereocenters. The summed E-state index contributed by atoms with van der Waals surface area (Å²) in [6.45, 7) is 2.24. The summed E-state index contributed by atoms with van der Waals surface area (Å²) in [7, 11) is 0. The molecule has 1 atom stereocenters. The number of unbranched alkanes of at least 4 members (excludes halogenated alkanes) is 5. The first-order valence-corrected chi connectivity index (χ1v) is 7.72. The molecule has 0 aromatic heterocycles. The third-order valence-corrected chi connectivity index (χ3v) is 3.41. The van der Waals surface area contributed by atoms with Gasteiger partial charge >= 0.3 is 0 Å². The summed E-state index contributed by atoms with van der Waals surface area (Å²) < 4.78 is 0. The molecule has 0 heterocycles. The lowest BCUT2D eigenvalue weighted by Crippen LogP contribution is -2.04. The Balaban J connectivity index is 2.04. The number of hydrogen-bond acceptors (Lipinski definition) is 1. The molecule has 19 heavy (non-hydrogen) atoms. The van der Waals surface area contributed by atoms with Crippen molar-refractivity contribution in [1.29, 1.82) is 0 Å². The second-order valence-electron chi connectivity index (χ2n) is 5.26. The average molecular weight is 260 g/mol. The van der Waals surface area contributed by atoms with E-state index in [1.165, 1.54) is 37.7 Å². The van der Waals surface area contributed by atoms with Gasteiger partial charge in [0.1, 0.15) is 0 Å². The Bertz CT molecular complexity index is 329. The largest absolute Gasteiger partial charge is 0.393 e. The van der Waals surface area contributed by atoms with Crippen molar-refractivity contribution < 1.29 is 5.11 Å². The SMILES string of the molecule is CCCCCCCCC(O)CC=Cc1ccccc1. The van der Waals surface area contributed by atoms with Crippen LogP contribution in [-0.2, 0) is 0 Å². The van der Waals surface area contributed by atoms with Gasteiger partial charge in [0.2, 0.25) is 0 Å². The molecule has 0 aliphatic heterocycles. The van der Waals surface area contributed by atoms with Crippen LogP contribution in [0.25, 0.3) is 6.08 Å². The minimum absolute atomic E-state index is 0.175. The van der Waals surface area contributed by atoms with Crippen molar-refractivity contribution in [1.82, 2.24) is 0 Å². The summed E-state index contributed by atoms with van der Waals surface area (Å²) in [5, 5.41) is 9.88. The predicted octanol–water partition coefficient (Wildman–Crippen LogP) is 5.20. The number of hydrogen-bond donors (Lipinski definition) is 1. The van der Waals surface area contributed by atoms with E-state index in [4.69, 9.17) is 0 Å². The fourth-order valence-corrected chi connectivity index (χ4v) is 2.20. The van der Waals surface area contributed by atoms with Gasteiger partial charge in [0.05, 0.1) is 6.10 Å². The Morgan fingerprint density at radius 3 is 2.42 bits per heavy atom. The Labute approximate surface area is 118 Å². The standard InChI is InChI=1S/C18H28O/c1-2-3-4-5-6-10-15-18(19)16-11-14-17-12-8-7-9-13-17/h7-9,11-14,18-19H,2-6,10,15-16H2,1H3. The minimum atomic E-state index is -0.175. The van der Waals surface area contributed by atoms with Crippen LogP contribution in [0, 0.1) is 0 Å². The Morgan fingerprint density at radius 1 is 1.00 bits per heavy atom. The maximum atomic E-state index is 9.88. The Morgan fingerprint density at radius 2 is 1.68 bits per heavy atom. The molecule has 0 aliphatic rings. The van der Waals surface area contributed by atoms with Crippen LogP contribution in [0.5, 0.6) is 0 Å². The van der Waals surface area contributed by atoms with Gasteiger partial charge in [-0.25, -0.2) is 0 Å². The molecular weight excluding hydrogens is 232 g/mol. The van der Waals surface area contributed by atoms with Gasteiger partial charge in [0.15, 0.2) is 0 Å². The van der Waals surface area contributed by atoms with Crippen molar-refractivity contribution in [3.63, 3.8) is 0 Å². The molecule has 1 N–H and O–H groups in total. The van der Waals surface area contributed by atoms with Gasteiger partial charge in [-0.05, 0) is 18.4 Å². The molecule has 1 rings (SSSR count). The van der Waals surface area contributed by atoms with Gasteiger partial charge in [-0.1, -0.05) is 87.9 Å². The first-order valence-electron chi connectivity index (χ1n) is 7.72.